The highest BCUT2D eigenvalue weighted by molar-refractivity contribution is 7.90. The highest BCUT2D eigenvalue weighted by Gasteiger charge is 2.16. The van der Waals surface area contributed by atoms with E-state index in [0.29, 0.717) is 22.5 Å². The Morgan fingerprint density at radius 1 is 1.29 bits per heavy atom. The molecule has 0 atom stereocenters. The number of thiazole rings is 1. The maximum atomic E-state index is 12.6. The number of amides is 1. The van der Waals surface area contributed by atoms with Crippen molar-refractivity contribution in [3.8, 4) is 0 Å². The molecule has 3 aromatic rings. The van der Waals surface area contributed by atoms with Crippen LogP contribution in [-0.4, -0.2) is 48.0 Å². The van der Waals surface area contributed by atoms with Crippen LogP contribution in [0.5, 0.6) is 0 Å². The summed E-state index contributed by atoms with van der Waals surface area (Å²) in [4.78, 5) is 29.0. The van der Waals surface area contributed by atoms with Gasteiger partial charge in [-0.1, -0.05) is 11.3 Å². The number of methoxy groups -OCH3 is 1. The summed E-state index contributed by atoms with van der Waals surface area (Å²) < 4.78 is 32.0. The summed E-state index contributed by atoms with van der Waals surface area (Å²) >= 11 is 1.12. The summed E-state index contributed by atoms with van der Waals surface area (Å²) in [5.41, 5.74) is 0.903. The van der Waals surface area contributed by atoms with E-state index in [9.17, 15) is 18.0 Å². The summed E-state index contributed by atoms with van der Waals surface area (Å²) in [6, 6.07) is 6.11. The van der Waals surface area contributed by atoms with Crippen molar-refractivity contribution in [2.24, 2.45) is 4.99 Å². The van der Waals surface area contributed by atoms with E-state index in [2.05, 4.69) is 10.1 Å². The van der Waals surface area contributed by atoms with Crippen molar-refractivity contribution in [3.63, 3.8) is 0 Å². The Bertz CT molecular complexity index is 1230. The Morgan fingerprint density at radius 2 is 2.04 bits per heavy atom. The number of sulfone groups is 1. The minimum Gasteiger partial charge on any atom is -0.468 e. The van der Waals surface area contributed by atoms with Crippen LogP contribution in [0.4, 0.5) is 0 Å². The van der Waals surface area contributed by atoms with E-state index in [1.807, 2.05) is 6.92 Å². The summed E-state index contributed by atoms with van der Waals surface area (Å²) in [7, 11) is -2.13. The zero-order valence-electron chi connectivity index (χ0n) is 15.4. The van der Waals surface area contributed by atoms with Crippen molar-refractivity contribution < 1.29 is 22.7 Å². The molecule has 0 spiro atoms. The third-order valence-electron chi connectivity index (χ3n) is 4.03. The van der Waals surface area contributed by atoms with Crippen LogP contribution in [0.25, 0.3) is 10.2 Å². The van der Waals surface area contributed by atoms with Crippen LogP contribution in [0.2, 0.25) is 0 Å². The number of benzene rings is 1. The van der Waals surface area contributed by atoms with E-state index < -0.39 is 21.7 Å². The van der Waals surface area contributed by atoms with Crippen molar-refractivity contribution >= 4 is 43.3 Å². The lowest BCUT2D eigenvalue weighted by Crippen LogP contribution is -2.23. The monoisotopic (exact) mass is 422 g/mol. The van der Waals surface area contributed by atoms with Gasteiger partial charge in [-0.05, 0) is 31.2 Å². The van der Waals surface area contributed by atoms with Gasteiger partial charge in [0.1, 0.15) is 12.2 Å². The number of nitrogens with zero attached hydrogens (tertiary/aromatic N) is 4. The molecule has 0 aliphatic carbocycles. The first kappa shape index (κ1) is 20.0. The topological polar surface area (TPSA) is 113 Å². The molecule has 0 bridgehead atoms. The smallest absolute Gasteiger partial charge is 0.325 e. The van der Waals surface area contributed by atoms with E-state index in [1.165, 1.54) is 34.7 Å². The molecule has 9 nitrogen and oxygen atoms in total. The number of ether oxygens (including phenoxy) is 1. The molecule has 0 unspecified atom stereocenters. The Morgan fingerprint density at radius 3 is 2.68 bits per heavy atom. The first-order chi connectivity index (χ1) is 13.2. The van der Waals surface area contributed by atoms with Gasteiger partial charge in [0.2, 0.25) is 0 Å². The number of hydrogen-bond donors (Lipinski definition) is 0. The van der Waals surface area contributed by atoms with Gasteiger partial charge in [0.25, 0.3) is 5.91 Å². The number of aryl methyl sites for hydroxylation is 1. The standard InChI is InChI=1S/C17H18N4O5S2/c1-4-21-13(7-8-18-21)16(23)19-17-20(10-15(22)26-2)12-6-5-11(28(3,24)25)9-14(12)27-17/h5-9H,4,10H2,1-3H3. The molecule has 0 fully saturated rings. The zero-order valence-corrected chi connectivity index (χ0v) is 17.1. The lowest BCUT2D eigenvalue weighted by molar-refractivity contribution is -0.141. The van der Waals surface area contributed by atoms with Gasteiger partial charge in [0.15, 0.2) is 14.6 Å². The Kier molecular flexibility index (Phi) is 5.47. The number of rotatable bonds is 5. The van der Waals surface area contributed by atoms with E-state index in [-0.39, 0.29) is 16.2 Å². The molecule has 0 radical (unpaired) electrons. The van der Waals surface area contributed by atoms with Crippen molar-refractivity contribution in [2.45, 2.75) is 24.9 Å². The van der Waals surface area contributed by atoms with Crippen LogP contribution in [0.1, 0.15) is 17.4 Å². The Hall–Kier alpha value is -2.79. The van der Waals surface area contributed by atoms with Crippen molar-refractivity contribution in [1.29, 1.82) is 0 Å². The van der Waals surface area contributed by atoms with Crippen LogP contribution in [0.15, 0.2) is 40.4 Å². The van der Waals surface area contributed by atoms with Crippen LogP contribution in [0, 0.1) is 0 Å². The quantitative estimate of drug-likeness (QED) is 0.572. The molecule has 0 saturated heterocycles. The predicted molar refractivity (Wildman–Crippen MR) is 103 cm³/mol. The third kappa shape index (κ3) is 3.90. The van der Waals surface area contributed by atoms with Gasteiger partial charge >= 0.3 is 5.97 Å². The van der Waals surface area contributed by atoms with E-state index in [1.54, 1.807) is 12.1 Å². The lowest BCUT2D eigenvalue weighted by atomic mass is 10.3. The minimum absolute atomic E-state index is 0.147. The molecular formula is C17H18N4O5S2. The second kappa shape index (κ2) is 7.68. The number of hydrogen-bond acceptors (Lipinski definition) is 7. The van der Waals surface area contributed by atoms with Crippen LogP contribution < -0.4 is 4.80 Å². The largest absolute Gasteiger partial charge is 0.468 e. The van der Waals surface area contributed by atoms with Gasteiger partial charge in [0, 0.05) is 19.0 Å². The third-order valence-corrected chi connectivity index (χ3v) is 6.18. The lowest BCUT2D eigenvalue weighted by Gasteiger charge is -2.04. The van der Waals surface area contributed by atoms with Crippen LogP contribution in [0.3, 0.4) is 0 Å². The molecule has 0 aliphatic rings. The fourth-order valence-corrected chi connectivity index (χ4v) is 4.42. The van der Waals surface area contributed by atoms with Gasteiger partial charge in [-0.2, -0.15) is 10.1 Å². The predicted octanol–water partition coefficient (Wildman–Crippen LogP) is 1.24. The maximum absolute atomic E-state index is 12.6. The number of fused-ring (bicyclic) bond motifs is 1. The van der Waals surface area contributed by atoms with Gasteiger partial charge < -0.3 is 9.30 Å². The molecule has 2 heterocycles. The van der Waals surface area contributed by atoms with Gasteiger partial charge in [-0.15, -0.1) is 0 Å². The molecular weight excluding hydrogens is 404 g/mol. The van der Waals surface area contributed by atoms with Crippen molar-refractivity contribution in [3.05, 3.63) is 41.0 Å². The summed E-state index contributed by atoms with van der Waals surface area (Å²) in [6.07, 6.45) is 2.63. The molecule has 148 valence electrons. The number of carbonyl (C=O) groups excluding carboxylic acids is 2. The highest BCUT2D eigenvalue weighted by atomic mass is 32.2. The van der Waals surface area contributed by atoms with E-state index >= 15 is 0 Å². The summed E-state index contributed by atoms with van der Waals surface area (Å²) in [5.74, 6) is -1.02. The number of esters is 1. The van der Waals surface area contributed by atoms with Crippen LogP contribution >= 0.6 is 11.3 Å². The molecule has 11 heteroatoms. The maximum Gasteiger partial charge on any atom is 0.325 e. The van der Waals surface area contributed by atoms with Gasteiger partial charge in [-0.25, -0.2) is 8.42 Å². The Labute approximate surface area is 164 Å². The molecule has 1 aromatic carbocycles. The summed E-state index contributed by atoms with van der Waals surface area (Å²) in [5, 5.41) is 4.05. The molecule has 2 aromatic heterocycles. The fraction of sp³-hybridized carbons (Fsp3) is 0.294. The normalized spacial score (nSPS) is 12.5. The second-order valence-corrected chi connectivity index (χ2v) is 8.92. The first-order valence-corrected chi connectivity index (χ1v) is 11.0. The van der Waals surface area contributed by atoms with E-state index in [0.717, 1.165) is 17.6 Å². The SMILES string of the molecule is CCn1nccc1C(=O)N=c1sc2cc(S(C)(=O)=O)ccc2n1CC(=O)OC. The zero-order chi connectivity index (χ0) is 20.5. The van der Waals surface area contributed by atoms with Crippen molar-refractivity contribution in [1.82, 2.24) is 14.3 Å². The highest BCUT2D eigenvalue weighted by Crippen LogP contribution is 2.22. The molecule has 3 rings (SSSR count). The first-order valence-electron chi connectivity index (χ1n) is 8.25. The average molecular weight is 422 g/mol. The van der Waals surface area contributed by atoms with Crippen LogP contribution in [-0.2, 0) is 32.5 Å². The molecule has 1 amide bonds. The summed E-state index contributed by atoms with van der Waals surface area (Å²) in [6.45, 7) is 2.21. The second-order valence-electron chi connectivity index (χ2n) is 5.90. The minimum atomic E-state index is -3.40. The number of carbonyl (C=O) groups is 2. The number of aromatic nitrogens is 3. The van der Waals surface area contributed by atoms with E-state index in [4.69, 9.17) is 4.74 Å². The molecule has 28 heavy (non-hydrogen) atoms. The molecule has 0 saturated carbocycles. The fourth-order valence-electron chi connectivity index (χ4n) is 2.63. The molecule has 0 N–H and O–H groups in total. The Balaban J connectivity index is 2.20. The van der Waals surface area contributed by atoms with Gasteiger partial charge in [-0.3, -0.25) is 14.3 Å². The molecule has 0 aliphatic heterocycles. The van der Waals surface area contributed by atoms with Crippen molar-refractivity contribution in [2.75, 3.05) is 13.4 Å². The van der Waals surface area contributed by atoms with Gasteiger partial charge in [0.05, 0.1) is 22.2 Å². The average Bonchev–Trinajstić information content (AvgIpc) is 3.25.